The van der Waals surface area contributed by atoms with Crippen LogP contribution in [0.3, 0.4) is 0 Å². The third-order valence-electron chi connectivity index (χ3n) is 4.75. The summed E-state index contributed by atoms with van der Waals surface area (Å²) in [7, 11) is 0. The van der Waals surface area contributed by atoms with Crippen molar-refractivity contribution < 1.29 is 0 Å². The van der Waals surface area contributed by atoms with Crippen LogP contribution in [-0.4, -0.2) is 16.7 Å². The van der Waals surface area contributed by atoms with Gasteiger partial charge in [0.15, 0.2) is 0 Å². The second-order valence-corrected chi connectivity index (χ2v) is 6.47. The predicted octanol–water partition coefficient (Wildman–Crippen LogP) is 4.81. The smallest absolute Gasteiger partial charge is 0.137 e. The van der Waals surface area contributed by atoms with E-state index in [-0.39, 0.29) is 6.04 Å². The molecule has 1 atom stereocenters. The molecule has 0 N–H and O–H groups in total. The van der Waals surface area contributed by atoms with Crippen LogP contribution in [0.4, 0.5) is 0 Å². The van der Waals surface area contributed by atoms with E-state index in [2.05, 4.69) is 41.4 Å². The Balaban J connectivity index is 1.57. The van der Waals surface area contributed by atoms with E-state index in [1.54, 1.807) is 6.20 Å². The molecule has 0 aliphatic heterocycles. The number of nitrogens with zero attached hydrogens (tertiary/aromatic N) is 3. The minimum absolute atomic E-state index is 0.333. The maximum absolute atomic E-state index is 9.61. The minimum Gasteiger partial charge on any atom is -0.266 e. The van der Waals surface area contributed by atoms with Crippen LogP contribution >= 0.6 is 0 Å². The van der Waals surface area contributed by atoms with Crippen molar-refractivity contribution in [1.29, 1.82) is 5.26 Å². The summed E-state index contributed by atoms with van der Waals surface area (Å²) >= 11 is 0. The summed E-state index contributed by atoms with van der Waals surface area (Å²) < 4.78 is 0. The number of fused-ring (bicyclic) bond motifs is 3. The zero-order chi connectivity index (χ0) is 17.8. The first-order valence-corrected chi connectivity index (χ1v) is 8.92. The van der Waals surface area contributed by atoms with Gasteiger partial charge >= 0.3 is 0 Å². The topological polar surface area (TPSA) is 49.0 Å². The molecular weight excluding hydrogens is 318 g/mol. The van der Waals surface area contributed by atoms with Crippen LogP contribution in [0.25, 0.3) is 11.1 Å². The summed E-state index contributed by atoms with van der Waals surface area (Å²) in [6, 6.07) is 22.7. The zero-order valence-corrected chi connectivity index (χ0v) is 14.5. The van der Waals surface area contributed by atoms with E-state index in [4.69, 9.17) is 4.99 Å². The Kier molecular flexibility index (Phi) is 4.57. The number of hydrogen-bond donors (Lipinski definition) is 0. The molecule has 1 aromatic heterocycles. The van der Waals surface area contributed by atoms with E-state index in [1.807, 2.05) is 36.5 Å². The number of benzene rings is 2. The second-order valence-electron chi connectivity index (χ2n) is 6.47. The van der Waals surface area contributed by atoms with Gasteiger partial charge in [-0.1, -0.05) is 54.6 Å². The molecule has 0 amide bonds. The molecule has 126 valence electrons. The number of aliphatic imine (C=N–C) groups is 1. The van der Waals surface area contributed by atoms with Crippen LogP contribution in [0.1, 0.15) is 29.5 Å². The van der Waals surface area contributed by atoms with Crippen molar-refractivity contribution in [3.8, 4) is 17.2 Å². The Bertz CT molecular complexity index is 936. The Labute approximate surface area is 153 Å². The van der Waals surface area contributed by atoms with Gasteiger partial charge < -0.3 is 0 Å². The van der Waals surface area contributed by atoms with Crippen LogP contribution in [0, 0.1) is 11.3 Å². The molecule has 0 fully saturated rings. The Morgan fingerprint density at radius 3 is 2.12 bits per heavy atom. The van der Waals surface area contributed by atoms with Crippen LogP contribution in [0.5, 0.6) is 0 Å². The van der Waals surface area contributed by atoms with Crippen molar-refractivity contribution >= 4 is 5.71 Å². The Hall–Kier alpha value is -3.25. The van der Waals surface area contributed by atoms with E-state index in [0.29, 0.717) is 0 Å². The quantitative estimate of drug-likeness (QED) is 0.524. The van der Waals surface area contributed by atoms with Crippen molar-refractivity contribution in [3.05, 3.63) is 89.7 Å². The highest BCUT2D eigenvalue weighted by molar-refractivity contribution is 6.24. The molecule has 0 spiro atoms. The first kappa shape index (κ1) is 16.2. The molecule has 1 aliphatic carbocycles. The van der Waals surface area contributed by atoms with E-state index in [9.17, 15) is 5.26 Å². The maximum atomic E-state index is 9.61. The molecule has 26 heavy (non-hydrogen) atoms. The number of pyridine rings is 1. The van der Waals surface area contributed by atoms with Crippen molar-refractivity contribution in [1.82, 2.24) is 4.98 Å². The van der Waals surface area contributed by atoms with E-state index >= 15 is 0 Å². The molecule has 0 bridgehead atoms. The fraction of sp³-hybridized carbons (Fsp3) is 0.174. The van der Waals surface area contributed by atoms with E-state index < -0.39 is 0 Å². The third kappa shape index (κ3) is 3.14. The number of aromatic nitrogens is 1. The first-order valence-electron chi connectivity index (χ1n) is 8.92. The molecule has 0 saturated heterocycles. The van der Waals surface area contributed by atoms with Crippen molar-refractivity contribution in [2.45, 2.75) is 25.3 Å². The van der Waals surface area contributed by atoms with Gasteiger partial charge in [0.05, 0.1) is 11.8 Å². The normalized spacial score (nSPS) is 12.8. The first-order chi connectivity index (χ1) is 12.9. The molecule has 1 unspecified atom stereocenters. The lowest BCUT2D eigenvalue weighted by Gasteiger charge is -2.08. The Morgan fingerprint density at radius 1 is 0.885 bits per heavy atom. The fourth-order valence-corrected chi connectivity index (χ4v) is 3.49. The van der Waals surface area contributed by atoms with Gasteiger partial charge in [-0.2, -0.15) is 5.26 Å². The van der Waals surface area contributed by atoms with Gasteiger partial charge in [0.2, 0.25) is 0 Å². The fourth-order valence-electron chi connectivity index (χ4n) is 3.49. The SMILES string of the molecule is N#CC(CCCc1cccnc1)N=C1c2ccccc2-c2ccccc21. The molecule has 1 heterocycles. The van der Waals surface area contributed by atoms with Gasteiger partial charge in [-0.05, 0) is 42.0 Å². The predicted molar refractivity (Wildman–Crippen MR) is 104 cm³/mol. The van der Waals surface area contributed by atoms with Gasteiger partial charge in [-0.15, -0.1) is 0 Å². The molecule has 3 heteroatoms. The lowest BCUT2D eigenvalue weighted by Crippen LogP contribution is -2.08. The molecular formula is C23H19N3. The molecule has 0 radical (unpaired) electrons. The molecule has 3 aromatic rings. The third-order valence-corrected chi connectivity index (χ3v) is 4.75. The number of nitriles is 1. The average Bonchev–Trinajstić information content (AvgIpc) is 3.02. The summed E-state index contributed by atoms with van der Waals surface area (Å²) in [5, 5.41) is 9.61. The van der Waals surface area contributed by atoms with Gasteiger partial charge in [0, 0.05) is 23.5 Å². The number of hydrogen-bond acceptors (Lipinski definition) is 3. The molecule has 2 aromatic carbocycles. The lowest BCUT2D eigenvalue weighted by molar-refractivity contribution is 0.675. The summed E-state index contributed by atoms with van der Waals surface area (Å²) in [4.78, 5) is 8.99. The summed E-state index contributed by atoms with van der Waals surface area (Å²) in [6.45, 7) is 0. The van der Waals surface area contributed by atoms with Crippen molar-refractivity contribution in [2.24, 2.45) is 4.99 Å². The number of aryl methyl sites for hydroxylation is 1. The molecule has 3 nitrogen and oxygen atoms in total. The van der Waals surface area contributed by atoms with Crippen LogP contribution in [0.2, 0.25) is 0 Å². The van der Waals surface area contributed by atoms with Crippen molar-refractivity contribution in [2.75, 3.05) is 0 Å². The standard InChI is InChI=1S/C23H19N3/c24-15-18(9-5-7-17-8-6-14-25-16-17)26-23-21-12-3-1-10-19(21)20-11-2-4-13-22(20)23/h1-4,6,8,10-14,16,18H,5,7,9H2. The van der Waals surface area contributed by atoms with Gasteiger partial charge in [-0.3, -0.25) is 9.98 Å². The maximum Gasteiger partial charge on any atom is 0.137 e. The monoisotopic (exact) mass is 337 g/mol. The second kappa shape index (κ2) is 7.33. The Morgan fingerprint density at radius 2 is 1.54 bits per heavy atom. The minimum atomic E-state index is -0.333. The molecule has 0 saturated carbocycles. The summed E-state index contributed by atoms with van der Waals surface area (Å²) in [6.07, 6.45) is 6.26. The number of rotatable bonds is 5. The van der Waals surface area contributed by atoms with Gasteiger partial charge in [0.25, 0.3) is 0 Å². The van der Waals surface area contributed by atoms with Crippen molar-refractivity contribution in [3.63, 3.8) is 0 Å². The summed E-state index contributed by atoms with van der Waals surface area (Å²) in [5.74, 6) is 0. The van der Waals surface area contributed by atoms with Gasteiger partial charge in [-0.25, -0.2) is 0 Å². The lowest BCUT2D eigenvalue weighted by atomic mass is 10.1. The van der Waals surface area contributed by atoms with Crippen LogP contribution in [-0.2, 0) is 6.42 Å². The summed E-state index contributed by atoms with van der Waals surface area (Å²) in [5.41, 5.74) is 6.81. The highest BCUT2D eigenvalue weighted by Gasteiger charge is 2.24. The highest BCUT2D eigenvalue weighted by atomic mass is 14.8. The van der Waals surface area contributed by atoms with E-state index in [0.717, 1.165) is 36.1 Å². The molecule has 4 rings (SSSR count). The van der Waals surface area contributed by atoms with Crippen LogP contribution in [0.15, 0.2) is 78.0 Å². The molecule has 1 aliphatic rings. The van der Waals surface area contributed by atoms with E-state index in [1.165, 1.54) is 16.7 Å². The highest BCUT2D eigenvalue weighted by Crippen LogP contribution is 2.36. The largest absolute Gasteiger partial charge is 0.266 e. The zero-order valence-electron chi connectivity index (χ0n) is 14.5. The van der Waals surface area contributed by atoms with Crippen LogP contribution < -0.4 is 0 Å². The van der Waals surface area contributed by atoms with Gasteiger partial charge in [0.1, 0.15) is 6.04 Å². The average molecular weight is 337 g/mol.